The highest BCUT2D eigenvalue weighted by atomic mass is 16.5. The smallest absolute Gasteiger partial charge is 0.305 e. The van der Waals surface area contributed by atoms with Gasteiger partial charge in [-0.2, -0.15) is 0 Å². The predicted molar refractivity (Wildman–Crippen MR) is 287 cm³/mol. The fourth-order valence-corrected chi connectivity index (χ4v) is 8.89. The Balaban J connectivity index is 3.47. The summed E-state index contributed by atoms with van der Waals surface area (Å²) < 4.78 is 5.46. The average molecular weight is 929 g/mol. The molecular formula is C60H113NO5. The molecule has 0 spiro atoms. The number of nitrogens with one attached hydrogen (secondary N) is 1. The van der Waals surface area contributed by atoms with Crippen LogP contribution in [0.4, 0.5) is 0 Å². The van der Waals surface area contributed by atoms with E-state index in [1.54, 1.807) is 6.08 Å². The number of aliphatic hydroxyl groups excluding tert-OH is 2. The number of hydrogen-bond donors (Lipinski definition) is 3. The number of unbranched alkanes of at least 4 members (excludes halogenated alkanes) is 39. The SMILES string of the molecule is CCCC/C=C\C/C=C\CCCCCCCC(=O)OCCCCCCCCCCCCCCCCCCC(=O)NC(CO)C(O)/C=C/CCCCCCCCCCCCCCCCCCC. The summed E-state index contributed by atoms with van der Waals surface area (Å²) >= 11 is 0. The van der Waals surface area contributed by atoms with Crippen molar-refractivity contribution in [3.8, 4) is 0 Å². The number of ether oxygens (including phenoxy) is 1. The lowest BCUT2D eigenvalue weighted by molar-refractivity contribution is -0.143. The average Bonchev–Trinajstić information content (AvgIpc) is 3.32. The molecule has 388 valence electrons. The molecule has 0 saturated heterocycles. The first kappa shape index (κ1) is 64.1. The number of esters is 1. The zero-order valence-corrected chi connectivity index (χ0v) is 44.2. The van der Waals surface area contributed by atoms with E-state index in [1.807, 2.05) is 6.08 Å². The highest BCUT2D eigenvalue weighted by Gasteiger charge is 2.18. The zero-order valence-electron chi connectivity index (χ0n) is 44.2. The Morgan fingerprint density at radius 1 is 0.424 bits per heavy atom. The molecule has 0 radical (unpaired) electrons. The van der Waals surface area contributed by atoms with Crippen LogP contribution in [0.1, 0.15) is 309 Å². The minimum atomic E-state index is -0.850. The first-order chi connectivity index (χ1) is 32.5. The van der Waals surface area contributed by atoms with Crippen molar-refractivity contribution in [3.63, 3.8) is 0 Å². The number of rotatable bonds is 54. The Labute approximate surface area is 411 Å². The molecule has 2 atom stereocenters. The Hall–Kier alpha value is -1.92. The lowest BCUT2D eigenvalue weighted by atomic mass is 10.0. The summed E-state index contributed by atoms with van der Waals surface area (Å²) in [4.78, 5) is 24.5. The molecule has 0 aromatic rings. The van der Waals surface area contributed by atoms with Crippen LogP contribution >= 0.6 is 0 Å². The summed E-state index contributed by atoms with van der Waals surface area (Å²) in [5, 5.41) is 23.2. The molecule has 66 heavy (non-hydrogen) atoms. The summed E-state index contributed by atoms with van der Waals surface area (Å²) in [5.41, 5.74) is 0. The van der Waals surface area contributed by atoms with Crippen LogP contribution in [0.15, 0.2) is 36.5 Å². The Kier molecular flexibility index (Phi) is 54.1. The molecule has 0 fully saturated rings. The third kappa shape index (κ3) is 51.5. The number of carbonyl (C=O) groups excluding carboxylic acids is 2. The van der Waals surface area contributed by atoms with Crippen molar-refractivity contribution >= 4 is 11.9 Å². The molecule has 6 nitrogen and oxygen atoms in total. The second-order valence-electron chi connectivity index (χ2n) is 20.0. The molecule has 0 aromatic heterocycles. The largest absolute Gasteiger partial charge is 0.466 e. The van der Waals surface area contributed by atoms with Gasteiger partial charge in [-0.25, -0.2) is 0 Å². The van der Waals surface area contributed by atoms with E-state index in [9.17, 15) is 19.8 Å². The third-order valence-corrected chi connectivity index (χ3v) is 13.4. The van der Waals surface area contributed by atoms with E-state index in [4.69, 9.17) is 4.74 Å². The molecule has 0 saturated carbocycles. The van der Waals surface area contributed by atoms with Crippen LogP contribution in [0, 0.1) is 0 Å². The van der Waals surface area contributed by atoms with Gasteiger partial charge in [0.25, 0.3) is 0 Å². The number of hydrogen-bond acceptors (Lipinski definition) is 5. The molecule has 0 aliphatic carbocycles. The fraction of sp³-hybridized carbons (Fsp3) is 0.867. The van der Waals surface area contributed by atoms with E-state index in [0.717, 1.165) is 57.8 Å². The Morgan fingerprint density at radius 2 is 0.773 bits per heavy atom. The second-order valence-corrected chi connectivity index (χ2v) is 20.0. The monoisotopic (exact) mass is 928 g/mol. The van der Waals surface area contributed by atoms with E-state index in [-0.39, 0.29) is 18.5 Å². The highest BCUT2D eigenvalue weighted by molar-refractivity contribution is 5.76. The van der Waals surface area contributed by atoms with E-state index in [0.29, 0.717) is 19.4 Å². The Morgan fingerprint density at radius 3 is 1.20 bits per heavy atom. The molecule has 0 heterocycles. The molecule has 0 aliphatic rings. The molecule has 3 N–H and O–H groups in total. The molecule has 1 amide bonds. The van der Waals surface area contributed by atoms with Gasteiger partial charge in [-0.1, -0.05) is 275 Å². The van der Waals surface area contributed by atoms with Crippen molar-refractivity contribution in [3.05, 3.63) is 36.5 Å². The third-order valence-electron chi connectivity index (χ3n) is 13.4. The lowest BCUT2D eigenvalue weighted by Crippen LogP contribution is -2.45. The molecule has 2 unspecified atom stereocenters. The molecule has 0 aromatic carbocycles. The van der Waals surface area contributed by atoms with Crippen molar-refractivity contribution < 1.29 is 24.5 Å². The predicted octanol–water partition coefficient (Wildman–Crippen LogP) is 18.0. The van der Waals surface area contributed by atoms with E-state index in [2.05, 4.69) is 43.5 Å². The van der Waals surface area contributed by atoms with Crippen LogP contribution < -0.4 is 5.32 Å². The van der Waals surface area contributed by atoms with Gasteiger partial charge in [-0.3, -0.25) is 9.59 Å². The minimum absolute atomic E-state index is 0.0124. The zero-order chi connectivity index (χ0) is 47.9. The van der Waals surface area contributed by atoms with Gasteiger partial charge >= 0.3 is 5.97 Å². The van der Waals surface area contributed by atoms with Crippen LogP contribution in [0.3, 0.4) is 0 Å². The van der Waals surface area contributed by atoms with Gasteiger partial charge in [0.2, 0.25) is 5.91 Å². The van der Waals surface area contributed by atoms with Gasteiger partial charge in [0.15, 0.2) is 0 Å². The first-order valence-electron chi connectivity index (χ1n) is 29.3. The van der Waals surface area contributed by atoms with E-state index < -0.39 is 12.1 Å². The van der Waals surface area contributed by atoms with Gasteiger partial charge in [0.05, 0.1) is 25.4 Å². The quantitative estimate of drug-likeness (QED) is 0.0321. The summed E-state index contributed by atoms with van der Waals surface area (Å²) in [6.07, 6.45) is 68.7. The summed E-state index contributed by atoms with van der Waals surface area (Å²) in [5.74, 6) is -0.0860. The maximum Gasteiger partial charge on any atom is 0.305 e. The Bertz CT molecular complexity index is 1070. The number of aliphatic hydroxyl groups is 2. The first-order valence-corrected chi connectivity index (χ1v) is 29.3. The number of carbonyl (C=O) groups is 2. The molecule has 0 aliphatic heterocycles. The van der Waals surface area contributed by atoms with Crippen molar-refractivity contribution in [2.75, 3.05) is 13.2 Å². The maximum atomic E-state index is 12.5. The second kappa shape index (κ2) is 55.7. The number of amides is 1. The van der Waals surface area contributed by atoms with Gasteiger partial charge in [0, 0.05) is 12.8 Å². The van der Waals surface area contributed by atoms with Crippen molar-refractivity contribution in [1.82, 2.24) is 5.32 Å². The van der Waals surface area contributed by atoms with Crippen LogP contribution in [0.5, 0.6) is 0 Å². The summed E-state index contributed by atoms with van der Waals surface area (Å²) in [6, 6.07) is -0.634. The van der Waals surface area contributed by atoms with Gasteiger partial charge in [-0.15, -0.1) is 0 Å². The topological polar surface area (TPSA) is 95.9 Å². The molecular weight excluding hydrogens is 815 g/mol. The van der Waals surface area contributed by atoms with Gasteiger partial charge < -0.3 is 20.3 Å². The minimum Gasteiger partial charge on any atom is -0.466 e. The van der Waals surface area contributed by atoms with E-state index >= 15 is 0 Å². The molecule has 0 rings (SSSR count). The van der Waals surface area contributed by atoms with Crippen LogP contribution in [0.2, 0.25) is 0 Å². The maximum absolute atomic E-state index is 12.5. The summed E-state index contributed by atoms with van der Waals surface area (Å²) in [7, 11) is 0. The lowest BCUT2D eigenvalue weighted by Gasteiger charge is -2.20. The number of allylic oxidation sites excluding steroid dienone is 5. The highest BCUT2D eigenvalue weighted by Crippen LogP contribution is 2.17. The van der Waals surface area contributed by atoms with Crippen molar-refractivity contribution in [1.29, 1.82) is 0 Å². The summed E-state index contributed by atoms with van der Waals surface area (Å²) in [6.45, 7) is 4.86. The van der Waals surface area contributed by atoms with Gasteiger partial charge in [0.1, 0.15) is 0 Å². The van der Waals surface area contributed by atoms with Gasteiger partial charge in [-0.05, 0) is 57.8 Å². The van der Waals surface area contributed by atoms with Crippen molar-refractivity contribution in [2.45, 2.75) is 321 Å². The van der Waals surface area contributed by atoms with Crippen LogP contribution in [-0.4, -0.2) is 47.4 Å². The van der Waals surface area contributed by atoms with E-state index in [1.165, 1.54) is 225 Å². The molecule has 0 bridgehead atoms. The van der Waals surface area contributed by atoms with Crippen LogP contribution in [-0.2, 0) is 14.3 Å². The van der Waals surface area contributed by atoms with Crippen molar-refractivity contribution in [2.24, 2.45) is 0 Å². The normalized spacial score (nSPS) is 12.8. The standard InChI is InChI=1S/C60H113NO5/c1-3-5-7-9-11-13-15-17-19-20-21-22-25-28-32-36-40-44-48-52-58(63)57(56-62)61-59(64)53-49-45-41-37-33-29-26-23-24-27-31-35-39-43-47-51-55-66-60(65)54-50-46-42-38-34-30-18-16-14-12-10-8-6-4-2/h10,12,16,18,48,52,57-58,62-63H,3-9,11,13-15,17,19-47,49-51,53-56H2,1-2H3,(H,61,64)/b12-10-,18-16-,52-48+. The van der Waals surface area contributed by atoms with Crippen LogP contribution in [0.25, 0.3) is 0 Å². The fourth-order valence-electron chi connectivity index (χ4n) is 8.89. The molecule has 6 heteroatoms.